The summed E-state index contributed by atoms with van der Waals surface area (Å²) in [5.74, 6) is -1.30. The van der Waals surface area contributed by atoms with Crippen molar-refractivity contribution >= 4 is 39.3 Å². The molecule has 0 N–H and O–H groups in total. The van der Waals surface area contributed by atoms with Crippen LogP contribution in [0.3, 0.4) is 0 Å². The number of carbonyl (C=O) groups is 2. The molecular formula is C26H19BrClNO3. The maximum Gasteiger partial charge on any atom is 0.333 e. The van der Waals surface area contributed by atoms with Crippen LogP contribution < -0.4 is 4.74 Å². The van der Waals surface area contributed by atoms with Crippen LogP contribution in [0.1, 0.15) is 35.2 Å². The Morgan fingerprint density at radius 2 is 1.66 bits per heavy atom. The molecule has 1 aliphatic carbocycles. The molecule has 0 bridgehead atoms. The molecule has 0 aliphatic heterocycles. The molecule has 3 aromatic rings. The number of hydrogen-bond donors (Lipinski definition) is 0. The number of hydrogen-bond acceptors (Lipinski definition) is 4. The van der Waals surface area contributed by atoms with E-state index >= 15 is 0 Å². The van der Waals surface area contributed by atoms with Crippen molar-refractivity contribution in [2.75, 3.05) is 0 Å². The van der Waals surface area contributed by atoms with Crippen LogP contribution in [-0.2, 0) is 4.79 Å². The Hall–Kier alpha value is -2.94. The lowest BCUT2D eigenvalue weighted by atomic mass is 9.83. The SMILES string of the molecule is CCC1(C(=O)c2ccc(Cl)cc2)C(c2ccccc2)C1(C#N)C(=O)Oc1ccc(Br)cc1. The fourth-order valence-corrected chi connectivity index (χ4v) is 5.12. The minimum absolute atomic E-state index is 0.264. The number of ether oxygens (including phenoxy) is 1. The largest absolute Gasteiger partial charge is 0.425 e. The number of ketones is 1. The van der Waals surface area contributed by atoms with E-state index in [-0.39, 0.29) is 5.78 Å². The number of nitriles is 1. The van der Waals surface area contributed by atoms with Crippen molar-refractivity contribution in [1.29, 1.82) is 5.26 Å². The van der Waals surface area contributed by atoms with Crippen LogP contribution in [0.15, 0.2) is 83.3 Å². The van der Waals surface area contributed by atoms with Crippen LogP contribution in [0.5, 0.6) is 5.75 Å². The second kappa shape index (κ2) is 8.54. The Morgan fingerprint density at radius 1 is 1.03 bits per heavy atom. The molecule has 3 unspecified atom stereocenters. The fourth-order valence-electron chi connectivity index (χ4n) is 4.73. The van der Waals surface area contributed by atoms with E-state index in [4.69, 9.17) is 16.3 Å². The second-order valence-electron chi connectivity index (χ2n) is 7.77. The van der Waals surface area contributed by atoms with Gasteiger partial charge in [0.05, 0.1) is 11.5 Å². The predicted octanol–water partition coefficient (Wildman–Crippen LogP) is 6.59. The monoisotopic (exact) mass is 507 g/mol. The summed E-state index contributed by atoms with van der Waals surface area (Å²) in [6.45, 7) is 1.83. The molecule has 1 saturated carbocycles. The minimum Gasteiger partial charge on any atom is -0.425 e. The van der Waals surface area contributed by atoms with Gasteiger partial charge in [-0.1, -0.05) is 64.8 Å². The number of halogens is 2. The smallest absolute Gasteiger partial charge is 0.333 e. The van der Waals surface area contributed by atoms with Crippen LogP contribution in [0, 0.1) is 22.2 Å². The van der Waals surface area contributed by atoms with E-state index in [1.165, 1.54) is 0 Å². The van der Waals surface area contributed by atoms with Gasteiger partial charge in [-0.15, -0.1) is 0 Å². The third kappa shape index (κ3) is 3.35. The molecule has 1 aliphatic rings. The highest BCUT2D eigenvalue weighted by molar-refractivity contribution is 9.10. The van der Waals surface area contributed by atoms with Gasteiger partial charge in [-0.05, 0) is 60.5 Å². The molecule has 0 aromatic heterocycles. The number of benzene rings is 3. The van der Waals surface area contributed by atoms with Crippen LogP contribution in [-0.4, -0.2) is 11.8 Å². The van der Waals surface area contributed by atoms with Crippen molar-refractivity contribution in [2.24, 2.45) is 10.8 Å². The van der Waals surface area contributed by atoms with Gasteiger partial charge in [0.25, 0.3) is 0 Å². The van der Waals surface area contributed by atoms with E-state index in [9.17, 15) is 14.9 Å². The molecular weight excluding hydrogens is 490 g/mol. The lowest BCUT2D eigenvalue weighted by Gasteiger charge is -2.18. The van der Waals surface area contributed by atoms with Gasteiger partial charge in [0, 0.05) is 21.0 Å². The van der Waals surface area contributed by atoms with Crippen molar-refractivity contribution in [1.82, 2.24) is 0 Å². The van der Waals surface area contributed by atoms with Crippen molar-refractivity contribution in [3.8, 4) is 11.8 Å². The maximum absolute atomic E-state index is 13.8. The molecule has 4 nitrogen and oxygen atoms in total. The van der Waals surface area contributed by atoms with Gasteiger partial charge in [-0.2, -0.15) is 5.26 Å². The van der Waals surface area contributed by atoms with E-state index < -0.39 is 22.7 Å². The summed E-state index contributed by atoms with van der Waals surface area (Å²) in [7, 11) is 0. The Balaban J connectivity index is 1.82. The number of carbonyl (C=O) groups excluding carboxylic acids is 2. The Bertz CT molecular complexity index is 1200. The number of Topliss-reactive ketones (excluding diaryl/α,β-unsaturated/α-hetero) is 1. The number of esters is 1. The normalized spacial score (nSPS) is 23.8. The molecule has 0 amide bonds. The molecule has 1 fully saturated rings. The molecule has 6 heteroatoms. The third-order valence-electron chi connectivity index (χ3n) is 6.27. The first-order chi connectivity index (χ1) is 15.4. The van der Waals surface area contributed by atoms with Crippen molar-refractivity contribution < 1.29 is 14.3 Å². The molecule has 0 heterocycles. The highest BCUT2D eigenvalue weighted by atomic mass is 79.9. The lowest BCUT2D eigenvalue weighted by Crippen LogP contribution is -2.31. The summed E-state index contributed by atoms with van der Waals surface area (Å²) >= 11 is 9.35. The molecule has 160 valence electrons. The molecule has 0 spiro atoms. The molecule has 0 saturated heterocycles. The summed E-state index contributed by atoms with van der Waals surface area (Å²) in [6, 6.07) is 24.7. The first-order valence-corrected chi connectivity index (χ1v) is 11.3. The van der Waals surface area contributed by atoms with Gasteiger partial charge >= 0.3 is 5.97 Å². The molecule has 3 atom stereocenters. The lowest BCUT2D eigenvalue weighted by molar-refractivity contribution is -0.139. The van der Waals surface area contributed by atoms with E-state index in [0.717, 1.165) is 10.0 Å². The zero-order valence-electron chi connectivity index (χ0n) is 17.2. The van der Waals surface area contributed by atoms with Gasteiger partial charge in [0.15, 0.2) is 11.2 Å². The highest BCUT2D eigenvalue weighted by Crippen LogP contribution is 2.77. The van der Waals surface area contributed by atoms with Crippen LogP contribution in [0.25, 0.3) is 0 Å². The summed E-state index contributed by atoms with van der Waals surface area (Å²) < 4.78 is 6.48. The van der Waals surface area contributed by atoms with E-state index in [0.29, 0.717) is 22.8 Å². The first kappa shape index (κ1) is 22.3. The standard InChI is InChI=1S/C26H19BrClNO3/c1-2-25(23(30)18-8-12-20(28)13-9-18)22(17-6-4-3-5-7-17)26(25,16-29)24(31)32-21-14-10-19(27)11-15-21/h3-15,22H,2H2,1H3. The van der Waals surface area contributed by atoms with Crippen LogP contribution in [0.2, 0.25) is 5.02 Å². The minimum atomic E-state index is -1.65. The van der Waals surface area contributed by atoms with Crippen molar-refractivity contribution in [3.63, 3.8) is 0 Å². The summed E-state index contributed by atoms with van der Waals surface area (Å²) in [5, 5.41) is 10.9. The molecule has 3 aromatic carbocycles. The predicted molar refractivity (Wildman–Crippen MR) is 126 cm³/mol. The van der Waals surface area contributed by atoms with E-state index in [2.05, 4.69) is 22.0 Å². The zero-order chi connectivity index (χ0) is 22.9. The van der Waals surface area contributed by atoms with Gasteiger partial charge in [0.1, 0.15) is 5.75 Å². The molecule has 32 heavy (non-hydrogen) atoms. The average molecular weight is 509 g/mol. The summed E-state index contributed by atoms with van der Waals surface area (Å²) in [4.78, 5) is 27.4. The van der Waals surface area contributed by atoms with Gasteiger partial charge in [-0.25, -0.2) is 4.79 Å². The maximum atomic E-state index is 13.8. The average Bonchev–Trinajstić information content (AvgIpc) is 3.46. The Labute approximate surface area is 199 Å². The highest BCUT2D eigenvalue weighted by Gasteiger charge is 2.85. The van der Waals surface area contributed by atoms with Crippen molar-refractivity contribution in [2.45, 2.75) is 19.3 Å². The van der Waals surface area contributed by atoms with Gasteiger partial charge < -0.3 is 4.74 Å². The topological polar surface area (TPSA) is 67.2 Å². The second-order valence-corrected chi connectivity index (χ2v) is 9.12. The molecule has 0 radical (unpaired) electrons. The quantitative estimate of drug-likeness (QED) is 0.214. The summed E-state index contributed by atoms with van der Waals surface area (Å²) in [5.41, 5.74) is -1.73. The van der Waals surface area contributed by atoms with Gasteiger partial charge in [0.2, 0.25) is 0 Å². The van der Waals surface area contributed by atoms with E-state index in [1.807, 2.05) is 37.3 Å². The van der Waals surface area contributed by atoms with E-state index in [1.54, 1.807) is 48.5 Å². The van der Waals surface area contributed by atoms with Crippen LogP contribution >= 0.6 is 27.5 Å². The van der Waals surface area contributed by atoms with Crippen LogP contribution in [0.4, 0.5) is 0 Å². The first-order valence-electron chi connectivity index (χ1n) is 10.1. The Morgan fingerprint density at radius 3 is 2.22 bits per heavy atom. The fraction of sp³-hybridized carbons (Fsp3) is 0.192. The zero-order valence-corrected chi connectivity index (χ0v) is 19.6. The molecule has 4 rings (SSSR count). The van der Waals surface area contributed by atoms with Gasteiger partial charge in [-0.3, -0.25) is 4.79 Å². The third-order valence-corrected chi connectivity index (χ3v) is 7.05. The summed E-state index contributed by atoms with van der Waals surface area (Å²) in [6.07, 6.45) is 0.303. The number of rotatable bonds is 6. The number of nitrogens with zero attached hydrogens (tertiary/aromatic N) is 1. The van der Waals surface area contributed by atoms with Crippen molar-refractivity contribution in [3.05, 3.63) is 99.5 Å². The Kier molecular flexibility index (Phi) is 5.94.